The maximum Gasteiger partial charge on any atom is 0.119 e. The summed E-state index contributed by atoms with van der Waals surface area (Å²) >= 11 is 5.90. The molecule has 1 heterocycles. The van der Waals surface area contributed by atoms with E-state index in [9.17, 15) is 0 Å². The van der Waals surface area contributed by atoms with E-state index in [1.54, 1.807) is 0 Å². The summed E-state index contributed by atoms with van der Waals surface area (Å²) in [6, 6.07) is 24.0. The maximum atomic E-state index is 5.90. The summed E-state index contributed by atoms with van der Waals surface area (Å²) in [7, 11) is 0. The molecule has 0 saturated carbocycles. The Kier molecular flexibility index (Phi) is 5.74. The molecule has 4 heteroatoms. The molecule has 1 aromatic heterocycles. The van der Waals surface area contributed by atoms with Crippen molar-refractivity contribution >= 4 is 28.7 Å². The summed E-state index contributed by atoms with van der Waals surface area (Å²) in [6.45, 7) is 1.45. The minimum atomic E-state index is 0.533. The zero-order valence-electron chi connectivity index (χ0n) is 15.5. The number of aromatic nitrogens is 2. The van der Waals surface area contributed by atoms with E-state index in [0.717, 1.165) is 40.4 Å². The Balaban J connectivity index is 1.28. The second-order valence-electron chi connectivity index (χ2n) is 6.60. The van der Waals surface area contributed by atoms with Crippen LogP contribution in [0.4, 0.5) is 0 Å². The SMILES string of the molecule is Clc1ccc(COc2ccc(/C=C/CCn3cnc4ccccc43)cc2)cc1. The molecule has 0 bridgehead atoms. The summed E-state index contributed by atoms with van der Waals surface area (Å²) in [5.74, 6) is 0.858. The van der Waals surface area contributed by atoms with Gasteiger partial charge in [-0.05, 0) is 53.9 Å². The smallest absolute Gasteiger partial charge is 0.119 e. The van der Waals surface area contributed by atoms with Gasteiger partial charge in [0.1, 0.15) is 12.4 Å². The highest BCUT2D eigenvalue weighted by Gasteiger charge is 2.00. The summed E-state index contributed by atoms with van der Waals surface area (Å²) < 4.78 is 8.01. The highest BCUT2D eigenvalue weighted by atomic mass is 35.5. The molecule has 3 nitrogen and oxygen atoms in total. The summed E-state index contributed by atoms with van der Waals surface area (Å²) in [5, 5.41) is 0.737. The first kappa shape index (κ1) is 18.3. The number of hydrogen-bond donors (Lipinski definition) is 0. The highest BCUT2D eigenvalue weighted by molar-refractivity contribution is 6.30. The van der Waals surface area contributed by atoms with Crippen LogP contribution in [-0.4, -0.2) is 9.55 Å². The molecule has 3 aromatic carbocycles. The Morgan fingerprint density at radius 3 is 2.54 bits per heavy atom. The van der Waals surface area contributed by atoms with Gasteiger partial charge in [0.15, 0.2) is 0 Å². The van der Waals surface area contributed by atoms with Gasteiger partial charge in [-0.15, -0.1) is 0 Å². The van der Waals surface area contributed by atoms with Crippen molar-refractivity contribution in [1.29, 1.82) is 0 Å². The van der Waals surface area contributed by atoms with Crippen LogP contribution in [0.1, 0.15) is 17.5 Å². The fraction of sp³-hybridized carbons (Fsp3) is 0.125. The standard InChI is InChI=1S/C24H21ClN2O/c25-21-12-8-20(9-13-21)17-28-22-14-10-19(11-15-22)5-3-4-16-27-18-26-23-6-1-2-7-24(23)27/h1-3,5-15,18H,4,16-17H2/b5-3+. The Labute approximate surface area is 169 Å². The van der Waals surface area contributed by atoms with Crippen molar-refractivity contribution in [3.63, 3.8) is 0 Å². The normalized spacial score (nSPS) is 11.3. The molecule has 0 atom stereocenters. The van der Waals surface area contributed by atoms with Gasteiger partial charge < -0.3 is 9.30 Å². The minimum Gasteiger partial charge on any atom is -0.489 e. The van der Waals surface area contributed by atoms with E-state index in [1.807, 2.05) is 60.9 Å². The van der Waals surface area contributed by atoms with Gasteiger partial charge in [-0.3, -0.25) is 0 Å². The fourth-order valence-electron chi connectivity index (χ4n) is 3.04. The predicted molar refractivity (Wildman–Crippen MR) is 116 cm³/mol. The Hall–Kier alpha value is -3.04. The molecule has 0 saturated heterocycles. The molecular formula is C24H21ClN2O. The fourth-order valence-corrected chi connectivity index (χ4v) is 3.17. The largest absolute Gasteiger partial charge is 0.489 e. The molecule has 0 unspecified atom stereocenters. The third-order valence-electron chi connectivity index (χ3n) is 4.57. The van der Waals surface area contributed by atoms with E-state index in [0.29, 0.717) is 6.61 Å². The first-order chi connectivity index (χ1) is 13.8. The third kappa shape index (κ3) is 4.62. The zero-order chi connectivity index (χ0) is 19.2. The van der Waals surface area contributed by atoms with Crippen molar-refractivity contribution in [2.24, 2.45) is 0 Å². The zero-order valence-corrected chi connectivity index (χ0v) is 16.2. The first-order valence-corrected chi connectivity index (χ1v) is 9.69. The molecule has 0 spiro atoms. The summed E-state index contributed by atoms with van der Waals surface area (Å²) in [5.41, 5.74) is 4.48. The molecule has 0 fully saturated rings. The van der Waals surface area contributed by atoms with E-state index in [1.165, 1.54) is 5.52 Å². The van der Waals surface area contributed by atoms with Crippen LogP contribution in [0, 0.1) is 0 Å². The van der Waals surface area contributed by atoms with Crippen LogP contribution in [-0.2, 0) is 13.2 Å². The number of halogens is 1. The van der Waals surface area contributed by atoms with Crippen LogP contribution < -0.4 is 4.74 Å². The van der Waals surface area contributed by atoms with Crippen molar-refractivity contribution in [2.75, 3.05) is 0 Å². The summed E-state index contributed by atoms with van der Waals surface area (Å²) in [6.07, 6.45) is 7.20. The number of aryl methyl sites for hydroxylation is 1. The second kappa shape index (κ2) is 8.77. The molecule has 4 aromatic rings. The lowest BCUT2D eigenvalue weighted by Crippen LogP contribution is -1.95. The number of nitrogens with zero attached hydrogens (tertiary/aromatic N) is 2. The van der Waals surface area contributed by atoms with E-state index in [2.05, 4.69) is 39.9 Å². The molecule has 140 valence electrons. The van der Waals surface area contributed by atoms with E-state index in [-0.39, 0.29) is 0 Å². The van der Waals surface area contributed by atoms with Crippen molar-refractivity contribution in [3.8, 4) is 5.75 Å². The number of benzene rings is 3. The average Bonchev–Trinajstić information content (AvgIpc) is 3.15. The van der Waals surface area contributed by atoms with Crippen molar-refractivity contribution < 1.29 is 4.74 Å². The van der Waals surface area contributed by atoms with E-state index in [4.69, 9.17) is 16.3 Å². The number of fused-ring (bicyclic) bond motifs is 1. The molecule has 0 amide bonds. The number of ether oxygens (including phenoxy) is 1. The summed E-state index contributed by atoms with van der Waals surface area (Å²) in [4.78, 5) is 4.43. The van der Waals surface area contributed by atoms with Crippen LogP contribution in [0.3, 0.4) is 0 Å². The molecule has 28 heavy (non-hydrogen) atoms. The lowest BCUT2D eigenvalue weighted by atomic mass is 10.2. The third-order valence-corrected chi connectivity index (χ3v) is 4.83. The van der Waals surface area contributed by atoms with Crippen LogP contribution >= 0.6 is 11.6 Å². The lowest BCUT2D eigenvalue weighted by Gasteiger charge is -2.06. The average molecular weight is 389 g/mol. The topological polar surface area (TPSA) is 27.1 Å². The molecule has 0 aliphatic heterocycles. The molecule has 0 radical (unpaired) electrons. The Morgan fingerprint density at radius 1 is 0.929 bits per heavy atom. The maximum absolute atomic E-state index is 5.90. The van der Waals surface area contributed by atoms with Crippen LogP contribution in [0.5, 0.6) is 5.75 Å². The second-order valence-corrected chi connectivity index (χ2v) is 7.04. The minimum absolute atomic E-state index is 0.533. The molecule has 0 aliphatic rings. The lowest BCUT2D eigenvalue weighted by molar-refractivity contribution is 0.306. The number of para-hydroxylation sites is 2. The molecule has 4 rings (SSSR count). The van der Waals surface area contributed by atoms with E-state index < -0.39 is 0 Å². The number of allylic oxidation sites excluding steroid dienone is 1. The van der Waals surface area contributed by atoms with Crippen molar-refractivity contribution in [3.05, 3.63) is 101 Å². The van der Waals surface area contributed by atoms with Gasteiger partial charge in [0.2, 0.25) is 0 Å². The highest BCUT2D eigenvalue weighted by Crippen LogP contribution is 2.17. The van der Waals surface area contributed by atoms with Crippen LogP contribution in [0.2, 0.25) is 5.02 Å². The van der Waals surface area contributed by atoms with Crippen molar-refractivity contribution in [2.45, 2.75) is 19.6 Å². The first-order valence-electron chi connectivity index (χ1n) is 9.32. The predicted octanol–water partition coefficient (Wildman–Crippen LogP) is 6.37. The van der Waals surface area contributed by atoms with Gasteiger partial charge in [-0.1, -0.05) is 60.2 Å². The molecule has 0 aliphatic carbocycles. The Morgan fingerprint density at radius 2 is 1.71 bits per heavy atom. The van der Waals surface area contributed by atoms with Gasteiger partial charge in [0.05, 0.1) is 17.4 Å². The quantitative estimate of drug-likeness (QED) is 0.367. The van der Waals surface area contributed by atoms with Crippen LogP contribution in [0.15, 0.2) is 85.2 Å². The monoisotopic (exact) mass is 388 g/mol. The van der Waals surface area contributed by atoms with Gasteiger partial charge in [-0.25, -0.2) is 4.98 Å². The van der Waals surface area contributed by atoms with Gasteiger partial charge in [-0.2, -0.15) is 0 Å². The Bertz CT molecular complexity index is 1070. The van der Waals surface area contributed by atoms with Gasteiger partial charge >= 0.3 is 0 Å². The van der Waals surface area contributed by atoms with Gasteiger partial charge in [0.25, 0.3) is 0 Å². The number of rotatable bonds is 7. The number of hydrogen-bond acceptors (Lipinski definition) is 2. The van der Waals surface area contributed by atoms with Gasteiger partial charge in [0, 0.05) is 11.6 Å². The number of imidazole rings is 1. The van der Waals surface area contributed by atoms with E-state index >= 15 is 0 Å². The van der Waals surface area contributed by atoms with Crippen molar-refractivity contribution in [1.82, 2.24) is 9.55 Å². The van der Waals surface area contributed by atoms with Crippen LogP contribution in [0.25, 0.3) is 17.1 Å². The molecule has 0 N–H and O–H groups in total. The molecular weight excluding hydrogens is 368 g/mol.